The van der Waals surface area contributed by atoms with Crippen LogP contribution < -0.4 is 19.5 Å². The summed E-state index contributed by atoms with van der Waals surface area (Å²) >= 11 is 0. The molecule has 0 heterocycles. The summed E-state index contributed by atoms with van der Waals surface area (Å²) in [7, 11) is -1.00. The van der Waals surface area contributed by atoms with Crippen LogP contribution in [0.3, 0.4) is 0 Å². The number of methoxy groups -OCH3 is 2. The highest BCUT2D eigenvalue weighted by molar-refractivity contribution is 7.92. The molecule has 2 aromatic rings. The van der Waals surface area contributed by atoms with Gasteiger partial charge in [0.1, 0.15) is 11.5 Å². The van der Waals surface area contributed by atoms with Crippen molar-refractivity contribution in [3.05, 3.63) is 42.0 Å². The molecule has 0 aromatic heterocycles. The lowest BCUT2D eigenvalue weighted by atomic mass is 9.87. The molecule has 0 bridgehead atoms. The van der Waals surface area contributed by atoms with E-state index in [1.54, 1.807) is 24.3 Å². The molecule has 0 aliphatic heterocycles. The normalized spacial score (nSPS) is 11.6. The van der Waals surface area contributed by atoms with E-state index in [9.17, 15) is 13.2 Å². The van der Waals surface area contributed by atoms with Crippen molar-refractivity contribution < 1.29 is 22.7 Å². The van der Waals surface area contributed by atoms with Gasteiger partial charge in [-0.2, -0.15) is 0 Å². The molecule has 2 N–H and O–H groups in total. The van der Waals surface area contributed by atoms with E-state index in [0.717, 1.165) is 5.56 Å². The molecule has 1 amide bonds. The first-order valence-electron chi connectivity index (χ1n) is 8.65. The van der Waals surface area contributed by atoms with Crippen molar-refractivity contribution in [3.63, 3.8) is 0 Å². The summed E-state index contributed by atoms with van der Waals surface area (Å²) in [6.45, 7) is 7.54. The second-order valence-corrected chi connectivity index (χ2v) is 9.00. The number of nitrogens with one attached hydrogen (secondary N) is 2. The molecular formula is C20H26N2O5S. The van der Waals surface area contributed by atoms with Gasteiger partial charge in [-0.3, -0.25) is 9.52 Å². The van der Waals surface area contributed by atoms with Crippen LogP contribution in [0.2, 0.25) is 0 Å². The quantitative estimate of drug-likeness (QED) is 0.762. The molecule has 0 saturated heterocycles. The topological polar surface area (TPSA) is 93.7 Å². The predicted octanol–water partition coefficient (Wildman–Crippen LogP) is 3.76. The third-order valence-corrected chi connectivity index (χ3v) is 5.49. The summed E-state index contributed by atoms with van der Waals surface area (Å²) < 4.78 is 38.7. The van der Waals surface area contributed by atoms with E-state index in [1.165, 1.54) is 33.3 Å². The highest BCUT2D eigenvalue weighted by Crippen LogP contribution is 2.37. The van der Waals surface area contributed by atoms with E-state index in [2.05, 4.69) is 30.8 Å². The largest absolute Gasteiger partial charge is 0.494 e. The van der Waals surface area contributed by atoms with Gasteiger partial charge in [0.05, 0.1) is 30.5 Å². The van der Waals surface area contributed by atoms with Crippen molar-refractivity contribution in [3.8, 4) is 11.5 Å². The second kappa shape index (κ2) is 8.10. The van der Waals surface area contributed by atoms with E-state index in [4.69, 9.17) is 9.47 Å². The Morgan fingerprint density at radius 1 is 0.929 bits per heavy atom. The zero-order chi connectivity index (χ0) is 21.1. The number of carbonyl (C=O) groups is 1. The molecule has 28 heavy (non-hydrogen) atoms. The highest BCUT2D eigenvalue weighted by atomic mass is 32.2. The smallest absolute Gasteiger partial charge is 0.262 e. The molecule has 2 rings (SSSR count). The summed E-state index contributed by atoms with van der Waals surface area (Å²) in [5.74, 6) is 0.267. The maximum Gasteiger partial charge on any atom is 0.262 e. The van der Waals surface area contributed by atoms with Gasteiger partial charge in [0.25, 0.3) is 10.0 Å². The number of benzene rings is 2. The van der Waals surface area contributed by atoms with Crippen molar-refractivity contribution in [2.75, 3.05) is 24.3 Å². The Balaban J connectivity index is 2.41. The minimum absolute atomic E-state index is 0.0775. The molecule has 0 atom stereocenters. The van der Waals surface area contributed by atoms with Gasteiger partial charge in [0, 0.05) is 19.1 Å². The minimum atomic E-state index is -3.84. The Morgan fingerprint density at radius 3 is 1.89 bits per heavy atom. The molecule has 0 fully saturated rings. The number of amides is 1. The first-order valence-corrected chi connectivity index (χ1v) is 10.1. The van der Waals surface area contributed by atoms with Crippen LogP contribution in [0.4, 0.5) is 11.4 Å². The van der Waals surface area contributed by atoms with Crippen molar-refractivity contribution in [2.24, 2.45) is 0 Å². The average Bonchev–Trinajstić information content (AvgIpc) is 2.61. The number of sulfonamides is 1. The summed E-state index contributed by atoms with van der Waals surface area (Å²) in [4.78, 5) is 11.5. The van der Waals surface area contributed by atoms with Crippen LogP contribution in [-0.2, 0) is 20.2 Å². The summed E-state index contributed by atoms with van der Waals surface area (Å²) in [6, 6.07) is 9.70. The molecule has 0 aliphatic rings. The maximum atomic E-state index is 12.8. The van der Waals surface area contributed by atoms with Crippen LogP contribution in [0.15, 0.2) is 41.3 Å². The average molecular weight is 407 g/mol. The van der Waals surface area contributed by atoms with Crippen molar-refractivity contribution in [1.82, 2.24) is 0 Å². The Kier molecular flexibility index (Phi) is 6.23. The van der Waals surface area contributed by atoms with Crippen LogP contribution >= 0.6 is 0 Å². The molecule has 0 unspecified atom stereocenters. The predicted molar refractivity (Wildman–Crippen MR) is 110 cm³/mol. The van der Waals surface area contributed by atoms with Crippen LogP contribution in [-0.4, -0.2) is 28.5 Å². The molecule has 0 aliphatic carbocycles. The minimum Gasteiger partial charge on any atom is -0.494 e. The van der Waals surface area contributed by atoms with Crippen molar-refractivity contribution in [1.29, 1.82) is 0 Å². The lowest BCUT2D eigenvalue weighted by Crippen LogP contribution is -2.16. The van der Waals surface area contributed by atoms with Crippen LogP contribution in [0.5, 0.6) is 11.5 Å². The maximum absolute atomic E-state index is 12.8. The van der Waals surface area contributed by atoms with Gasteiger partial charge >= 0.3 is 0 Å². The van der Waals surface area contributed by atoms with Crippen molar-refractivity contribution >= 4 is 27.3 Å². The molecule has 152 valence electrons. The molecule has 7 nitrogen and oxygen atoms in total. The number of hydrogen-bond donors (Lipinski definition) is 2. The fourth-order valence-corrected chi connectivity index (χ4v) is 3.66. The molecule has 2 aromatic carbocycles. The Labute approximate surface area is 166 Å². The standard InChI is InChI=1S/C20H26N2O5S/c1-13(23)21-16-11-19(27-6)17(12-18(16)26-5)22-28(24,25)15-9-7-14(8-10-15)20(2,3)4/h7-12,22H,1-6H3,(H,21,23). The summed E-state index contributed by atoms with van der Waals surface area (Å²) in [5, 5.41) is 2.62. The third kappa shape index (κ3) is 4.95. The van der Waals surface area contributed by atoms with E-state index < -0.39 is 10.0 Å². The second-order valence-electron chi connectivity index (χ2n) is 7.31. The highest BCUT2D eigenvalue weighted by Gasteiger charge is 2.21. The van der Waals surface area contributed by atoms with Crippen molar-refractivity contribution in [2.45, 2.75) is 38.0 Å². The van der Waals surface area contributed by atoms with Crippen LogP contribution in [0.1, 0.15) is 33.3 Å². The fourth-order valence-electron chi connectivity index (χ4n) is 2.60. The van der Waals surface area contributed by atoms with Gasteiger partial charge in [-0.25, -0.2) is 8.42 Å². The summed E-state index contributed by atoms with van der Waals surface area (Å²) in [6.07, 6.45) is 0. The Hall–Kier alpha value is -2.74. The van der Waals surface area contributed by atoms with Gasteiger partial charge in [-0.05, 0) is 23.1 Å². The third-order valence-electron chi connectivity index (χ3n) is 4.11. The fraction of sp³-hybridized carbons (Fsp3) is 0.350. The van der Waals surface area contributed by atoms with Gasteiger partial charge in [-0.1, -0.05) is 32.9 Å². The SMILES string of the molecule is COc1cc(NS(=O)(=O)c2ccc(C(C)(C)C)cc2)c(OC)cc1NC(C)=O. The van der Waals surface area contributed by atoms with Gasteiger partial charge in [-0.15, -0.1) is 0 Å². The lowest BCUT2D eigenvalue weighted by Gasteiger charge is -2.19. The van der Waals surface area contributed by atoms with E-state index in [0.29, 0.717) is 11.4 Å². The zero-order valence-electron chi connectivity index (χ0n) is 16.9. The van der Waals surface area contributed by atoms with Gasteiger partial charge in [0.2, 0.25) is 5.91 Å². The number of carbonyl (C=O) groups excluding carboxylic acids is 1. The van der Waals surface area contributed by atoms with E-state index in [1.807, 2.05) is 0 Å². The van der Waals surface area contributed by atoms with Gasteiger partial charge in [0.15, 0.2) is 0 Å². The number of anilines is 2. The lowest BCUT2D eigenvalue weighted by molar-refractivity contribution is -0.114. The Bertz CT molecular complexity index is 961. The molecule has 0 radical (unpaired) electrons. The Morgan fingerprint density at radius 2 is 1.43 bits per heavy atom. The van der Waals surface area contributed by atoms with E-state index >= 15 is 0 Å². The molecule has 0 saturated carbocycles. The first-order chi connectivity index (χ1) is 13.0. The molecule has 8 heteroatoms. The van der Waals surface area contributed by atoms with Crippen LogP contribution in [0.25, 0.3) is 0 Å². The van der Waals surface area contributed by atoms with Crippen LogP contribution in [0, 0.1) is 0 Å². The summed E-state index contributed by atoms with van der Waals surface area (Å²) in [5.41, 5.74) is 1.54. The van der Waals surface area contributed by atoms with E-state index in [-0.39, 0.29) is 27.7 Å². The molecular weight excluding hydrogens is 380 g/mol. The number of hydrogen-bond acceptors (Lipinski definition) is 5. The molecule has 0 spiro atoms. The monoisotopic (exact) mass is 406 g/mol. The number of rotatable bonds is 6. The number of ether oxygens (including phenoxy) is 2. The van der Waals surface area contributed by atoms with Gasteiger partial charge < -0.3 is 14.8 Å². The zero-order valence-corrected chi connectivity index (χ0v) is 17.7. The first kappa shape index (κ1) is 21.6.